The van der Waals surface area contributed by atoms with Crippen LogP contribution in [0.25, 0.3) is 0 Å². The minimum atomic E-state index is -2.87. The molecule has 1 aromatic rings. The predicted molar refractivity (Wildman–Crippen MR) is 86.0 cm³/mol. The van der Waals surface area contributed by atoms with Crippen molar-refractivity contribution in [3.8, 4) is 5.75 Å². The highest BCUT2D eigenvalue weighted by molar-refractivity contribution is 5.74. The largest absolute Gasteiger partial charge is 0.435 e. The first-order valence-electron chi connectivity index (χ1n) is 8.15. The number of rotatable bonds is 5. The van der Waals surface area contributed by atoms with Gasteiger partial charge in [-0.15, -0.1) is 0 Å². The molecule has 7 heteroatoms. The first-order chi connectivity index (χ1) is 11.4. The fraction of sp³-hybridized carbons (Fsp3) is 0.588. The number of carbonyl (C=O) groups is 1. The van der Waals surface area contributed by atoms with Gasteiger partial charge >= 0.3 is 12.6 Å². The third kappa shape index (κ3) is 5.06. The zero-order valence-electron chi connectivity index (χ0n) is 13.9. The molecule has 0 aliphatic carbocycles. The molecule has 0 radical (unpaired) electrons. The lowest BCUT2D eigenvalue weighted by molar-refractivity contribution is -0.0499. The van der Waals surface area contributed by atoms with Crippen molar-refractivity contribution in [3.63, 3.8) is 0 Å². The summed E-state index contributed by atoms with van der Waals surface area (Å²) in [6.07, 6.45) is 1.20. The maximum atomic E-state index is 12.3. The Bertz CT molecular complexity index is 546. The molecule has 0 bridgehead atoms. The highest BCUT2D eigenvalue weighted by Gasteiger charge is 2.26. The van der Waals surface area contributed by atoms with Crippen LogP contribution in [0.4, 0.5) is 13.6 Å². The lowest BCUT2D eigenvalue weighted by atomic mass is 9.92. The Balaban J connectivity index is 1.90. The molecule has 0 spiro atoms. The number of halogens is 2. The Hall–Kier alpha value is -1.89. The van der Waals surface area contributed by atoms with Crippen molar-refractivity contribution in [1.29, 1.82) is 0 Å². The van der Waals surface area contributed by atoms with Gasteiger partial charge in [-0.3, -0.25) is 0 Å². The van der Waals surface area contributed by atoms with E-state index in [-0.39, 0.29) is 29.8 Å². The third-order valence-electron chi connectivity index (χ3n) is 4.43. The fourth-order valence-electron chi connectivity index (χ4n) is 2.90. The van der Waals surface area contributed by atoms with Crippen molar-refractivity contribution in [2.75, 3.05) is 13.1 Å². The summed E-state index contributed by atoms with van der Waals surface area (Å²) in [5.41, 5.74) is 0.695. The number of urea groups is 1. The number of nitrogens with zero attached hydrogens (tertiary/aromatic N) is 1. The summed E-state index contributed by atoms with van der Waals surface area (Å²) in [6.45, 7) is 1.89. The van der Waals surface area contributed by atoms with Gasteiger partial charge in [0.05, 0.1) is 12.1 Å². The van der Waals surface area contributed by atoms with Gasteiger partial charge in [0.1, 0.15) is 5.75 Å². The number of nitrogens with one attached hydrogen (secondary N) is 1. The standard InChI is InChI=1S/C17H24F2N2O3/c1-11(14-4-3-5-15(10-14)24-16(18)19)20-17(23)21-8-6-13(7-9-21)12(2)22/h3-5,10-13,16,22H,6-9H2,1-2H3,(H,20,23). The van der Waals surface area contributed by atoms with Gasteiger partial charge in [0.2, 0.25) is 0 Å². The summed E-state index contributed by atoms with van der Waals surface area (Å²) >= 11 is 0. The lowest BCUT2D eigenvalue weighted by Crippen LogP contribution is -2.46. The molecule has 24 heavy (non-hydrogen) atoms. The number of alkyl halides is 2. The van der Waals surface area contributed by atoms with E-state index in [4.69, 9.17) is 0 Å². The zero-order valence-corrected chi connectivity index (χ0v) is 13.9. The Kier molecular flexibility index (Phi) is 6.36. The van der Waals surface area contributed by atoms with Gasteiger partial charge in [0, 0.05) is 13.1 Å². The summed E-state index contributed by atoms with van der Waals surface area (Å²) in [6, 6.07) is 5.80. The molecule has 0 saturated carbocycles. The minimum Gasteiger partial charge on any atom is -0.435 e. The first-order valence-corrected chi connectivity index (χ1v) is 8.15. The van der Waals surface area contributed by atoms with Crippen LogP contribution in [0.1, 0.15) is 38.3 Å². The van der Waals surface area contributed by atoms with Crippen LogP contribution in [0, 0.1) is 5.92 Å². The number of benzene rings is 1. The van der Waals surface area contributed by atoms with E-state index in [2.05, 4.69) is 10.1 Å². The Morgan fingerprint density at radius 1 is 1.33 bits per heavy atom. The number of hydrogen-bond donors (Lipinski definition) is 2. The number of hydrogen-bond acceptors (Lipinski definition) is 3. The summed E-state index contributed by atoms with van der Waals surface area (Å²) in [5.74, 6) is 0.302. The molecular formula is C17H24F2N2O3. The van der Waals surface area contributed by atoms with Gasteiger partial charge in [0.15, 0.2) is 0 Å². The molecule has 2 atom stereocenters. The molecule has 1 fully saturated rings. The normalized spacial score (nSPS) is 18.3. The number of likely N-dealkylation sites (tertiary alicyclic amines) is 1. The van der Waals surface area contributed by atoms with Crippen LogP contribution in [-0.2, 0) is 0 Å². The Labute approximate surface area is 140 Å². The second-order valence-electron chi connectivity index (χ2n) is 6.19. The Morgan fingerprint density at radius 2 is 2.00 bits per heavy atom. The fourth-order valence-corrected chi connectivity index (χ4v) is 2.90. The lowest BCUT2D eigenvalue weighted by Gasteiger charge is -2.34. The highest BCUT2D eigenvalue weighted by Crippen LogP contribution is 2.23. The summed E-state index contributed by atoms with van der Waals surface area (Å²) in [4.78, 5) is 14.0. The first kappa shape index (κ1) is 18.4. The molecule has 2 unspecified atom stereocenters. The average molecular weight is 342 g/mol. The van der Waals surface area contributed by atoms with Gasteiger partial charge in [0.25, 0.3) is 0 Å². The molecule has 0 aromatic heterocycles. The van der Waals surface area contributed by atoms with E-state index in [9.17, 15) is 18.7 Å². The number of amides is 2. The van der Waals surface area contributed by atoms with Gasteiger partial charge < -0.3 is 20.1 Å². The molecule has 2 N–H and O–H groups in total. The maximum absolute atomic E-state index is 12.3. The summed E-state index contributed by atoms with van der Waals surface area (Å²) in [7, 11) is 0. The average Bonchev–Trinajstić information content (AvgIpc) is 2.54. The van der Waals surface area contributed by atoms with Crippen molar-refractivity contribution in [2.45, 2.75) is 45.4 Å². The predicted octanol–water partition coefficient (Wildman–Crippen LogP) is 3.15. The van der Waals surface area contributed by atoms with Crippen LogP contribution in [0.15, 0.2) is 24.3 Å². The molecule has 2 rings (SSSR count). The van der Waals surface area contributed by atoms with Gasteiger partial charge in [-0.2, -0.15) is 8.78 Å². The number of ether oxygens (including phenoxy) is 1. The van der Waals surface area contributed by atoms with E-state index in [1.54, 1.807) is 30.9 Å². The molecule has 1 aromatic carbocycles. The second kappa shape index (κ2) is 8.28. The van der Waals surface area contributed by atoms with Crippen LogP contribution in [0.3, 0.4) is 0 Å². The zero-order chi connectivity index (χ0) is 17.7. The van der Waals surface area contributed by atoms with E-state index >= 15 is 0 Å². The van der Waals surface area contributed by atoms with Crippen molar-refractivity contribution in [2.24, 2.45) is 5.92 Å². The van der Waals surface area contributed by atoms with E-state index in [0.29, 0.717) is 18.7 Å². The highest BCUT2D eigenvalue weighted by atomic mass is 19.3. The molecule has 1 saturated heterocycles. The summed E-state index contributed by atoms with van der Waals surface area (Å²) < 4.78 is 28.9. The van der Waals surface area contributed by atoms with Crippen LogP contribution < -0.4 is 10.1 Å². The molecule has 1 aliphatic rings. The van der Waals surface area contributed by atoms with Gasteiger partial charge in [-0.05, 0) is 50.3 Å². The van der Waals surface area contributed by atoms with Crippen molar-refractivity contribution in [3.05, 3.63) is 29.8 Å². The molecular weight excluding hydrogens is 318 g/mol. The quantitative estimate of drug-likeness (QED) is 0.864. The van der Waals surface area contributed by atoms with Crippen molar-refractivity contribution in [1.82, 2.24) is 10.2 Å². The smallest absolute Gasteiger partial charge is 0.387 e. The second-order valence-corrected chi connectivity index (χ2v) is 6.19. The number of aliphatic hydroxyl groups excluding tert-OH is 1. The monoisotopic (exact) mass is 342 g/mol. The van der Waals surface area contributed by atoms with Crippen LogP contribution >= 0.6 is 0 Å². The van der Waals surface area contributed by atoms with E-state index in [1.807, 2.05) is 0 Å². The van der Waals surface area contributed by atoms with Crippen LogP contribution in [0.5, 0.6) is 5.75 Å². The number of piperidine rings is 1. The van der Waals surface area contributed by atoms with Crippen LogP contribution in [-0.4, -0.2) is 41.8 Å². The van der Waals surface area contributed by atoms with E-state index in [1.165, 1.54) is 12.1 Å². The Morgan fingerprint density at radius 3 is 2.58 bits per heavy atom. The number of carbonyl (C=O) groups excluding carboxylic acids is 1. The minimum absolute atomic E-state index is 0.0707. The van der Waals surface area contributed by atoms with E-state index in [0.717, 1.165) is 12.8 Å². The third-order valence-corrected chi connectivity index (χ3v) is 4.43. The molecule has 134 valence electrons. The molecule has 1 heterocycles. The van der Waals surface area contributed by atoms with Crippen molar-refractivity contribution < 1.29 is 23.4 Å². The van der Waals surface area contributed by atoms with Gasteiger partial charge in [-0.1, -0.05) is 12.1 Å². The topological polar surface area (TPSA) is 61.8 Å². The molecule has 1 aliphatic heterocycles. The molecule has 5 nitrogen and oxygen atoms in total. The molecule has 2 amide bonds. The SMILES string of the molecule is CC(NC(=O)N1CCC(C(C)O)CC1)c1cccc(OC(F)F)c1. The van der Waals surface area contributed by atoms with E-state index < -0.39 is 6.61 Å². The van der Waals surface area contributed by atoms with Gasteiger partial charge in [-0.25, -0.2) is 4.79 Å². The van der Waals surface area contributed by atoms with Crippen LogP contribution in [0.2, 0.25) is 0 Å². The summed E-state index contributed by atoms with van der Waals surface area (Å²) in [5, 5.41) is 12.5. The maximum Gasteiger partial charge on any atom is 0.387 e. The van der Waals surface area contributed by atoms with Crippen molar-refractivity contribution >= 4 is 6.03 Å². The number of aliphatic hydroxyl groups is 1.